The molecule has 0 aliphatic heterocycles. The maximum absolute atomic E-state index is 6.34. The summed E-state index contributed by atoms with van der Waals surface area (Å²) < 4.78 is 0. The molecule has 2 N–H and O–H groups in total. The van der Waals surface area contributed by atoms with Crippen LogP contribution in [0, 0.1) is 5.92 Å². The number of nitrogens with one attached hydrogen (secondary N) is 2. The van der Waals surface area contributed by atoms with Gasteiger partial charge in [-0.05, 0) is 24.1 Å². The zero-order valence-corrected chi connectivity index (χ0v) is 12.8. The van der Waals surface area contributed by atoms with Crippen molar-refractivity contribution in [1.29, 1.82) is 0 Å². The standard InChI is InChI=1S/C16H17ClN4/c1-10(2)8-19-14-5-3-4-13(21-14)15-11-6-7-18-16(11)20-9-12(15)17/h3-7,9-10H,8H2,1-2H3,(H,18,20)(H,19,21). The topological polar surface area (TPSA) is 53.6 Å². The summed E-state index contributed by atoms with van der Waals surface area (Å²) in [6.45, 7) is 5.22. The highest BCUT2D eigenvalue weighted by molar-refractivity contribution is 6.34. The van der Waals surface area contributed by atoms with E-state index in [1.165, 1.54) is 0 Å². The molecule has 0 atom stereocenters. The third-order valence-corrected chi connectivity index (χ3v) is 3.52. The van der Waals surface area contributed by atoms with Crippen LogP contribution in [-0.2, 0) is 0 Å². The lowest BCUT2D eigenvalue weighted by atomic mass is 10.1. The van der Waals surface area contributed by atoms with Crippen LogP contribution in [0.5, 0.6) is 0 Å². The van der Waals surface area contributed by atoms with Crippen molar-refractivity contribution in [3.05, 3.63) is 41.7 Å². The van der Waals surface area contributed by atoms with Crippen molar-refractivity contribution in [2.24, 2.45) is 5.92 Å². The molecule has 3 heterocycles. The first-order chi connectivity index (χ1) is 10.1. The minimum Gasteiger partial charge on any atom is -0.370 e. The lowest BCUT2D eigenvalue weighted by Gasteiger charge is -2.10. The molecule has 0 saturated carbocycles. The number of anilines is 1. The van der Waals surface area contributed by atoms with Crippen molar-refractivity contribution in [2.75, 3.05) is 11.9 Å². The first-order valence-electron chi connectivity index (χ1n) is 6.98. The normalized spacial score (nSPS) is 11.2. The molecule has 5 heteroatoms. The molecule has 0 spiro atoms. The quantitative estimate of drug-likeness (QED) is 0.753. The summed E-state index contributed by atoms with van der Waals surface area (Å²) in [5.41, 5.74) is 2.58. The molecule has 0 amide bonds. The van der Waals surface area contributed by atoms with Crippen molar-refractivity contribution in [3.8, 4) is 11.3 Å². The summed E-state index contributed by atoms with van der Waals surface area (Å²) in [6.07, 6.45) is 3.52. The largest absolute Gasteiger partial charge is 0.370 e. The Bertz CT molecular complexity index is 764. The van der Waals surface area contributed by atoms with E-state index in [1.807, 2.05) is 30.5 Å². The smallest absolute Gasteiger partial charge is 0.138 e. The van der Waals surface area contributed by atoms with Crippen LogP contribution in [0.15, 0.2) is 36.7 Å². The van der Waals surface area contributed by atoms with E-state index in [4.69, 9.17) is 11.6 Å². The van der Waals surface area contributed by atoms with Gasteiger partial charge in [-0.1, -0.05) is 31.5 Å². The molecule has 3 aromatic heterocycles. The van der Waals surface area contributed by atoms with Crippen LogP contribution < -0.4 is 5.32 Å². The van der Waals surface area contributed by atoms with Crippen LogP contribution in [0.2, 0.25) is 5.02 Å². The fraction of sp³-hybridized carbons (Fsp3) is 0.250. The van der Waals surface area contributed by atoms with Gasteiger partial charge in [-0.3, -0.25) is 0 Å². The van der Waals surface area contributed by atoms with Gasteiger partial charge in [0.25, 0.3) is 0 Å². The fourth-order valence-corrected chi connectivity index (χ4v) is 2.47. The highest BCUT2D eigenvalue weighted by Crippen LogP contribution is 2.33. The summed E-state index contributed by atoms with van der Waals surface area (Å²) in [6, 6.07) is 7.89. The highest BCUT2D eigenvalue weighted by Gasteiger charge is 2.12. The Morgan fingerprint density at radius 3 is 2.95 bits per heavy atom. The van der Waals surface area contributed by atoms with Crippen LogP contribution in [0.3, 0.4) is 0 Å². The summed E-state index contributed by atoms with van der Waals surface area (Å²) in [5, 5.41) is 4.93. The van der Waals surface area contributed by atoms with Gasteiger partial charge in [0, 0.05) is 29.9 Å². The second kappa shape index (κ2) is 5.74. The zero-order chi connectivity index (χ0) is 14.8. The highest BCUT2D eigenvalue weighted by atomic mass is 35.5. The van der Waals surface area contributed by atoms with Crippen LogP contribution >= 0.6 is 11.6 Å². The average Bonchev–Trinajstić information content (AvgIpc) is 2.93. The molecular formula is C16H17ClN4. The van der Waals surface area contributed by atoms with E-state index >= 15 is 0 Å². The number of pyridine rings is 2. The fourth-order valence-electron chi connectivity index (χ4n) is 2.23. The number of halogens is 1. The maximum atomic E-state index is 6.34. The third-order valence-electron chi connectivity index (χ3n) is 3.24. The average molecular weight is 301 g/mol. The molecule has 0 bridgehead atoms. The van der Waals surface area contributed by atoms with Gasteiger partial charge in [-0.2, -0.15) is 0 Å². The van der Waals surface area contributed by atoms with Crippen LogP contribution in [-0.4, -0.2) is 21.5 Å². The number of nitrogens with zero attached hydrogens (tertiary/aromatic N) is 2. The van der Waals surface area contributed by atoms with E-state index in [1.54, 1.807) is 6.20 Å². The van der Waals surface area contributed by atoms with E-state index in [0.29, 0.717) is 10.9 Å². The summed E-state index contributed by atoms with van der Waals surface area (Å²) >= 11 is 6.34. The minimum atomic E-state index is 0.566. The zero-order valence-electron chi connectivity index (χ0n) is 12.0. The number of hydrogen-bond donors (Lipinski definition) is 2. The van der Waals surface area contributed by atoms with Crippen molar-refractivity contribution in [2.45, 2.75) is 13.8 Å². The summed E-state index contributed by atoms with van der Waals surface area (Å²) in [5.74, 6) is 1.43. The molecule has 0 fully saturated rings. The molecule has 3 aromatic rings. The second-order valence-electron chi connectivity index (χ2n) is 5.40. The first-order valence-corrected chi connectivity index (χ1v) is 7.36. The number of aromatic nitrogens is 3. The Balaban J connectivity index is 2.04. The predicted molar refractivity (Wildman–Crippen MR) is 87.7 cm³/mol. The molecule has 0 radical (unpaired) electrons. The number of aromatic amines is 1. The van der Waals surface area contributed by atoms with Gasteiger partial charge in [0.1, 0.15) is 11.5 Å². The van der Waals surface area contributed by atoms with Crippen LogP contribution in [0.1, 0.15) is 13.8 Å². The molecule has 0 unspecified atom stereocenters. The van der Waals surface area contributed by atoms with Gasteiger partial charge in [0.15, 0.2) is 0 Å². The van der Waals surface area contributed by atoms with Gasteiger partial charge in [-0.15, -0.1) is 0 Å². The Kier molecular flexibility index (Phi) is 3.80. The van der Waals surface area contributed by atoms with Crippen molar-refractivity contribution < 1.29 is 0 Å². The molecule has 0 aliphatic carbocycles. The van der Waals surface area contributed by atoms with E-state index in [9.17, 15) is 0 Å². The molecule has 0 aromatic carbocycles. The lowest BCUT2D eigenvalue weighted by molar-refractivity contribution is 0.687. The van der Waals surface area contributed by atoms with E-state index in [0.717, 1.165) is 34.7 Å². The van der Waals surface area contributed by atoms with Gasteiger partial charge in [0.2, 0.25) is 0 Å². The van der Waals surface area contributed by atoms with Gasteiger partial charge >= 0.3 is 0 Å². The maximum Gasteiger partial charge on any atom is 0.138 e. The van der Waals surface area contributed by atoms with Crippen molar-refractivity contribution in [3.63, 3.8) is 0 Å². The lowest BCUT2D eigenvalue weighted by Crippen LogP contribution is -2.09. The number of rotatable bonds is 4. The Labute approximate surface area is 128 Å². The van der Waals surface area contributed by atoms with Gasteiger partial charge in [0.05, 0.1) is 10.7 Å². The molecule has 108 valence electrons. The number of hydrogen-bond acceptors (Lipinski definition) is 3. The number of fused-ring (bicyclic) bond motifs is 1. The molecule has 3 rings (SSSR count). The molecule has 0 saturated heterocycles. The van der Waals surface area contributed by atoms with Gasteiger partial charge in [-0.25, -0.2) is 9.97 Å². The molecule has 0 aliphatic rings. The summed E-state index contributed by atoms with van der Waals surface area (Å²) in [4.78, 5) is 12.0. The van der Waals surface area contributed by atoms with Crippen LogP contribution in [0.25, 0.3) is 22.3 Å². The number of H-pyrrole nitrogens is 1. The molecular weight excluding hydrogens is 284 g/mol. The summed E-state index contributed by atoms with van der Waals surface area (Å²) in [7, 11) is 0. The third kappa shape index (κ3) is 2.85. The van der Waals surface area contributed by atoms with E-state index in [2.05, 4.69) is 34.1 Å². The monoisotopic (exact) mass is 300 g/mol. The molecule has 4 nitrogen and oxygen atoms in total. The van der Waals surface area contributed by atoms with Crippen molar-refractivity contribution >= 4 is 28.5 Å². The Morgan fingerprint density at radius 1 is 1.29 bits per heavy atom. The van der Waals surface area contributed by atoms with E-state index in [-0.39, 0.29) is 0 Å². The second-order valence-corrected chi connectivity index (χ2v) is 5.81. The van der Waals surface area contributed by atoms with Crippen molar-refractivity contribution in [1.82, 2.24) is 15.0 Å². The first kappa shape index (κ1) is 13.9. The minimum absolute atomic E-state index is 0.566. The Morgan fingerprint density at radius 2 is 2.14 bits per heavy atom. The predicted octanol–water partition coefficient (Wildman–Crippen LogP) is 4.35. The van der Waals surface area contributed by atoms with Gasteiger partial charge < -0.3 is 10.3 Å². The van der Waals surface area contributed by atoms with Crippen LogP contribution in [0.4, 0.5) is 5.82 Å². The van der Waals surface area contributed by atoms with E-state index < -0.39 is 0 Å². The Hall–Kier alpha value is -2.07. The SMILES string of the molecule is CC(C)CNc1cccc(-c2c(Cl)cnc3[nH]ccc23)n1. The molecule has 21 heavy (non-hydrogen) atoms.